The van der Waals surface area contributed by atoms with Crippen LogP contribution in [0.15, 0.2) is 29.8 Å². The highest BCUT2D eigenvalue weighted by molar-refractivity contribution is 5.40. The van der Waals surface area contributed by atoms with Gasteiger partial charge in [0.2, 0.25) is 0 Å². The van der Waals surface area contributed by atoms with Crippen molar-refractivity contribution >= 4 is 0 Å². The Hall–Kier alpha value is -1.28. The molecule has 0 amide bonds. The predicted molar refractivity (Wildman–Crippen MR) is 78.5 cm³/mol. The predicted octanol–water partition coefficient (Wildman–Crippen LogP) is 3.38. The minimum Gasteiger partial charge on any atom is -0.493 e. The molecular formula is C17H23NO. The van der Waals surface area contributed by atoms with E-state index in [9.17, 15) is 0 Å². The number of aryl methyl sites for hydroxylation is 1. The van der Waals surface area contributed by atoms with Crippen LogP contribution in [0.2, 0.25) is 0 Å². The maximum Gasteiger partial charge on any atom is 0.122 e. The first-order valence-electron chi connectivity index (χ1n) is 7.51. The number of rotatable bonds is 3. The highest BCUT2D eigenvalue weighted by atomic mass is 16.5. The van der Waals surface area contributed by atoms with Crippen molar-refractivity contribution < 1.29 is 4.74 Å². The van der Waals surface area contributed by atoms with E-state index in [0.29, 0.717) is 0 Å². The van der Waals surface area contributed by atoms with Crippen molar-refractivity contribution in [2.24, 2.45) is 5.73 Å². The first-order valence-corrected chi connectivity index (χ1v) is 7.51. The molecule has 0 bridgehead atoms. The molecule has 0 aromatic heterocycles. The van der Waals surface area contributed by atoms with Gasteiger partial charge in [0, 0.05) is 12.5 Å². The van der Waals surface area contributed by atoms with Crippen LogP contribution in [-0.2, 0) is 12.8 Å². The summed E-state index contributed by atoms with van der Waals surface area (Å²) in [5, 5.41) is 0. The molecule has 2 heteroatoms. The van der Waals surface area contributed by atoms with Gasteiger partial charge in [0.05, 0.1) is 6.61 Å². The molecular weight excluding hydrogens is 234 g/mol. The molecule has 0 fully saturated rings. The van der Waals surface area contributed by atoms with Crippen molar-refractivity contribution in [2.75, 3.05) is 6.61 Å². The van der Waals surface area contributed by atoms with Crippen LogP contribution < -0.4 is 10.5 Å². The lowest BCUT2D eigenvalue weighted by Gasteiger charge is -2.08. The SMILES string of the molecule is NC1C=C(CCc2ccc3c(c2)CCO3)CCCC1. The number of nitrogens with two attached hydrogens (primary N) is 1. The van der Waals surface area contributed by atoms with E-state index in [-0.39, 0.29) is 6.04 Å². The van der Waals surface area contributed by atoms with Crippen LogP contribution in [0.5, 0.6) is 5.75 Å². The average molecular weight is 257 g/mol. The summed E-state index contributed by atoms with van der Waals surface area (Å²) in [5.74, 6) is 1.08. The van der Waals surface area contributed by atoms with Crippen LogP contribution in [0.3, 0.4) is 0 Å². The van der Waals surface area contributed by atoms with E-state index in [1.54, 1.807) is 5.57 Å². The smallest absolute Gasteiger partial charge is 0.122 e. The number of benzene rings is 1. The van der Waals surface area contributed by atoms with E-state index in [0.717, 1.165) is 38.0 Å². The summed E-state index contributed by atoms with van der Waals surface area (Å²) in [4.78, 5) is 0. The molecule has 0 spiro atoms. The van der Waals surface area contributed by atoms with E-state index in [1.165, 1.54) is 30.4 Å². The van der Waals surface area contributed by atoms with Crippen molar-refractivity contribution in [1.82, 2.24) is 0 Å². The summed E-state index contributed by atoms with van der Waals surface area (Å²) in [6, 6.07) is 6.94. The van der Waals surface area contributed by atoms with E-state index < -0.39 is 0 Å². The molecule has 2 nitrogen and oxygen atoms in total. The minimum absolute atomic E-state index is 0.283. The molecule has 1 aromatic rings. The first-order chi connectivity index (χ1) is 9.31. The summed E-state index contributed by atoms with van der Waals surface area (Å²) in [6.07, 6.45) is 10.6. The molecule has 1 aliphatic heterocycles. The molecule has 0 saturated heterocycles. The zero-order valence-electron chi connectivity index (χ0n) is 11.5. The van der Waals surface area contributed by atoms with Crippen LogP contribution in [0, 0.1) is 0 Å². The number of allylic oxidation sites excluding steroid dienone is 1. The Kier molecular flexibility index (Phi) is 3.88. The number of fused-ring (bicyclic) bond motifs is 1. The molecule has 19 heavy (non-hydrogen) atoms. The Morgan fingerprint density at radius 3 is 3.05 bits per heavy atom. The van der Waals surface area contributed by atoms with E-state index in [4.69, 9.17) is 10.5 Å². The van der Waals surface area contributed by atoms with Gasteiger partial charge in [-0.25, -0.2) is 0 Å². The largest absolute Gasteiger partial charge is 0.493 e. The van der Waals surface area contributed by atoms with E-state index in [1.807, 2.05) is 0 Å². The van der Waals surface area contributed by atoms with Gasteiger partial charge in [-0.2, -0.15) is 0 Å². The van der Waals surface area contributed by atoms with Gasteiger partial charge in [-0.3, -0.25) is 0 Å². The fourth-order valence-corrected chi connectivity index (χ4v) is 3.11. The molecule has 2 aliphatic rings. The fraction of sp³-hybridized carbons (Fsp3) is 0.529. The van der Waals surface area contributed by atoms with Crippen LogP contribution in [0.1, 0.15) is 43.2 Å². The quantitative estimate of drug-likeness (QED) is 0.842. The molecule has 1 aliphatic carbocycles. The summed E-state index contributed by atoms with van der Waals surface area (Å²) < 4.78 is 5.55. The average Bonchev–Trinajstić information content (AvgIpc) is 2.78. The first kappa shape index (κ1) is 12.7. The third kappa shape index (κ3) is 3.19. The molecule has 1 aromatic carbocycles. The van der Waals surface area contributed by atoms with Gasteiger partial charge < -0.3 is 10.5 Å². The van der Waals surface area contributed by atoms with E-state index in [2.05, 4.69) is 24.3 Å². The van der Waals surface area contributed by atoms with Gasteiger partial charge in [0.15, 0.2) is 0 Å². The lowest BCUT2D eigenvalue weighted by molar-refractivity contribution is 0.357. The summed E-state index contributed by atoms with van der Waals surface area (Å²) in [6.45, 7) is 0.846. The monoisotopic (exact) mass is 257 g/mol. The van der Waals surface area contributed by atoms with Crippen molar-refractivity contribution in [2.45, 2.75) is 51.0 Å². The Morgan fingerprint density at radius 1 is 1.16 bits per heavy atom. The normalized spacial score (nSPS) is 22.4. The highest BCUT2D eigenvalue weighted by Gasteiger charge is 2.13. The van der Waals surface area contributed by atoms with Crippen molar-refractivity contribution in [3.63, 3.8) is 0 Å². The number of hydrogen-bond donors (Lipinski definition) is 1. The van der Waals surface area contributed by atoms with Gasteiger partial charge >= 0.3 is 0 Å². The fourth-order valence-electron chi connectivity index (χ4n) is 3.11. The molecule has 1 heterocycles. The number of hydrogen-bond acceptors (Lipinski definition) is 2. The molecule has 3 rings (SSSR count). The van der Waals surface area contributed by atoms with Gasteiger partial charge in [-0.15, -0.1) is 0 Å². The van der Waals surface area contributed by atoms with E-state index >= 15 is 0 Å². The molecule has 2 N–H and O–H groups in total. The summed E-state index contributed by atoms with van der Waals surface area (Å²) in [7, 11) is 0. The second-order valence-electron chi connectivity index (χ2n) is 5.78. The Bertz CT molecular complexity index is 478. The van der Waals surface area contributed by atoms with Gasteiger partial charge in [0.25, 0.3) is 0 Å². The Morgan fingerprint density at radius 2 is 2.11 bits per heavy atom. The Balaban J connectivity index is 1.62. The molecule has 0 saturated carbocycles. The Labute approximate surface area is 115 Å². The van der Waals surface area contributed by atoms with Crippen LogP contribution in [0.25, 0.3) is 0 Å². The summed E-state index contributed by atoms with van der Waals surface area (Å²) >= 11 is 0. The maximum atomic E-state index is 6.07. The van der Waals surface area contributed by atoms with Crippen molar-refractivity contribution in [3.8, 4) is 5.75 Å². The molecule has 0 radical (unpaired) electrons. The second kappa shape index (κ2) is 5.79. The highest BCUT2D eigenvalue weighted by Crippen LogP contribution is 2.27. The van der Waals surface area contributed by atoms with Crippen LogP contribution in [-0.4, -0.2) is 12.6 Å². The maximum absolute atomic E-state index is 6.07. The topological polar surface area (TPSA) is 35.2 Å². The zero-order valence-corrected chi connectivity index (χ0v) is 11.5. The van der Waals surface area contributed by atoms with Crippen molar-refractivity contribution in [3.05, 3.63) is 41.0 Å². The third-order valence-electron chi connectivity index (χ3n) is 4.22. The standard InChI is InChI=1S/C17H23NO/c18-16-4-2-1-3-13(12-16)5-6-14-7-8-17-15(11-14)9-10-19-17/h7-8,11-12,16H,1-6,9-10,18H2. The van der Waals surface area contributed by atoms with Crippen molar-refractivity contribution in [1.29, 1.82) is 0 Å². The van der Waals surface area contributed by atoms with Crippen LogP contribution in [0.4, 0.5) is 0 Å². The minimum atomic E-state index is 0.283. The molecule has 102 valence electrons. The molecule has 1 atom stereocenters. The lowest BCUT2D eigenvalue weighted by Crippen LogP contribution is -2.15. The van der Waals surface area contributed by atoms with Gasteiger partial charge in [0.1, 0.15) is 5.75 Å². The van der Waals surface area contributed by atoms with Gasteiger partial charge in [-0.1, -0.05) is 30.2 Å². The second-order valence-corrected chi connectivity index (χ2v) is 5.78. The lowest BCUT2D eigenvalue weighted by atomic mass is 9.99. The molecule has 1 unspecified atom stereocenters. The third-order valence-corrected chi connectivity index (χ3v) is 4.22. The zero-order chi connectivity index (χ0) is 13.1. The number of ether oxygens (including phenoxy) is 1. The van der Waals surface area contributed by atoms with Gasteiger partial charge in [-0.05, 0) is 49.3 Å². The summed E-state index contributed by atoms with van der Waals surface area (Å²) in [5.41, 5.74) is 10.4. The van der Waals surface area contributed by atoms with Crippen LogP contribution >= 0.6 is 0 Å².